The summed E-state index contributed by atoms with van der Waals surface area (Å²) in [6.07, 6.45) is 30.0. The van der Waals surface area contributed by atoms with E-state index in [1.54, 1.807) is 5.57 Å². The molecule has 0 nitrogen and oxygen atoms in total. The van der Waals surface area contributed by atoms with Gasteiger partial charge in [-0.15, -0.1) is 0 Å². The molecule has 106 valence electrons. The van der Waals surface area contributed by atoms with Crippen LogP contribution in [0.5, 0.6) is 0 Å². The second-order valence-corrected chi connectivity index (χ2v) is 5.69. The molecule has 0 heterocycles. The minimum Gasteiger partial charge on any atom is -0.0839 e. The predicted molar refractivity (Wildman–Crippen MR) is 89.5 cm³/mol. The van der Waals surface area contributed by atoms with Crippen molar-refractivity contribution in [3.8, 4) is 0 Å². The van der Waals surface area contributed by atoms with Gasteiger partial charge < -0.3 is 0 Å². The van der Waals surface area contributed by atoms with Gasteiger partial charge >= 0.3 is 0 Å². The van der Waals surface area contributed by atoms with Crippen LogP contribution in [0.25, 0.3) is 0 Å². The largest absolute Gasteiger partial charge is 0.0839 e. The summed E-state index contributed by atoms with van der Waals surface area (Å²) in [7, 11) is 0. The van der Waals surface area contributed by atoms with Crippen molar-refractivity contribution in [1.29, 1.82) is 0 Å². The fourth-order valence-corrected chi connectivity index (χ4v) is 2.95. The fourth-order valence-electron chi connectivity index (χ4n) is 2.95. The maximum atomic E-state index is 2.35. The highest BCUT2D eigenvalue weighted by molar-refractivity contribution is 5.25. The zero-order chi connectivity index (χ0) is 14.0. The molecule has 20 heavy (non-hydrogen) atoms. The third-order valence-electron chi connectivity index (χ3n) is 4.14. The van der Waals surface area contributed by atoms with Crippen molar-refractivity contribution in [2.24, 2.45) is 11.8 Å². The van der Waals surface area contributed by atoms with E-state index in [-0.39, 0.29) is 0 Å². The lowest BCUT2D eigenvalue weighted by Gasteiger charge is -2.14. The average Bonchev–Trinajstić information content (AvgIpc) is 3.26. The van der Waals surface area contributed by atoms with E-state index in [1.807, 2.05) is 0 Å². The summed E-state index contributed by atoms with van der Waals surface area (Å²) < 4.78 is 0. The summed E-state index contributed by atoms with van der Waals surface area (Å²) >= 11 is 0. The lowest BCUT2D eigenvalue weighted by Crippen LogP contribution is -2.00. The van der Waals surface area contributed by atoms with Crippen molar-refractivity contribution in [3.63, 3.8) is 0 Å². The Bertz CT molecular complexity index is 412. The van der Waals surface area contributed by atoms with E-state index < -0.39 is 0 Å². The van der Waals surface area contributed by atoms with Crippen molar-refractivity contribution < 1.29 is 0 Å². The Balaban J connectivity index is 0.000000124. The van der Waals surface area contributed by atoms with E-state index in [0.29, 0.717) is 0 Å². The number of hydrogen-bond donors (Lipinski definition) is 0. The van der Waals surface area contributed by atoms with Crippen LogP contribution in [0.15, 0.2) is 72.4 Å². The maximum absolute atomic E-state index is 2.35. The molecule has 0 radical (unpaired) electrons. The Hall–Kier alpha value is -1.56. The molecule has 0 heteroatoms. The fraction of sp³-hybridized carbons (Fsp3) is 0.400. The van der Waals surface area contributed by atoms with Crippen LogP contribution in [-0.2, 0) is 0 Å². The predicted octanol–water partition coefficient (Wildman–Crippen LogP) is 5.92. The average molecular weight is 266 g/mol. The van der Waals surface area contributed by atoms with Gasteiger partial charge in [-0.1, -0.05) is 79.3 Å². The van der Waals surface area contributed by atoms with Crippen LogP contribution >= 0.6 is 0 Å². The van der Waals surface area contributed by atoms with Crippen LogP contribution in [0.3, 0.4) is 0 Å². The third kappa shape index (κ3) is 4.85. The van der Waals surface area contributed by atoms with Gasteiger partial charge in [0.15, 0.2) is 0 Å². The normalized spacial score (nSPS) is 27.6. The summed E-state index contributed by atoms with van der Waals surface area (Å²) in [4.78, 5) is 0. The number of hydrogen-bond acceptors (Lipinski definition) is 0. The quantitative estimate of drug-likeness (QED) is 0.510. The van der Waals surface area contributed by atoms with Crippen molar-refractivity contribution in [2.45, 2.75) is 39.0 Å². The summed E-state index contributed by atoms with van der Waals surface area (Å²) in [5, 5.41) is 0. The van der Waals surface area contributed by atoms with Crippen molar-refractivity contribution in [1.82, 2.24) is 0 Å². The van der Waals surface area contributed by atoms with Gasteiger partial charge in [0, 0.05) is 0 Å². The summed E-state index contributed by atoms with van der Waals surface area (Å²) in [5.74, 6) is 1.79. The molecule has 0 amide bonds. The molecule has 1 saturated carbocycles. The highest BCUT2D eigenvalue weighted by Gasteiger charge is 2.26. The van der Waals surface area contributed by atoms with Crippen LogP contribution in [0.2, 0.25) is 0 Å². The van der Waals surface area contributed by atoms with E-state index in [0.717, 1.165) is 24.7 Å². The van der Waals surface area contributed by atoms with Crippen LogP contribution < -0.4 is 0 Å². The molecule has 2 atom stereocenters. The van der Waals surface area contributed by atoms with Crippen molar-refractivity contribution >= 4 is 0 Å². The van der Waals surface area contributed by atoms with E-state index in [1.165, 1.54) is 19.3 Å². The summed E-state index contributed by atoms with van der Waals surface area (Å²) in [6.45, 7) is 2.35. The zero-order valence-electron chi connectivity index (χ0n) is 12.5. The van der Waals surface area contributed by atoms with Crippen molar-refractivity contribution in [2.75, 3.05) is 0 Å². The Labute approximate surface area is 124 Å². The van der Waals surface area contributed by atoms with E-state index in [9.17, 15) is 0 Å². The molecule has 4 aliphatic carbocycles. The number of rotatable bonds is 0. The Morgan fingerprint density at radius 1 is 0.750 bits per heavy atom. The Morgan fingerprint density at radius 3 is 1.80 bits per heavy atom. The van der Waals surface area contributed by atoms with Gasteiger partial charge in [-0.25, -0.2) is 0 Å². The second kappa shape index (κ2) is 8.58. The SMILES string of the molecule is C1=CCC=C1.C1=CCC=C1.CC1CCC2CC=CC=C12. The van der Waals surface area contributed by atoms with Crippen LogP contribution in [0.4, 0.5) is 0 Å². The minimum atomic E-state index is 0.870. The van der Waals surface area contributed by atoms with Gasteiger partial charge in [-0.05, 0) is 43.9 Å². The molecular weight excluding hydrogens is 240 g/mol. The Morgan fingerprint density at radius 2 is 1.35 bits per heavy atom. The molecule has 0 aromatic carbocycles. The lowest BCUT2D eigenvalue weighted by atomic mass is 9.91. The van der Waals surface area contributed by atoms with Crippen LogP contribution in [0, 0.1) is 11.8 Å². The van der Waals surface area contributed by atoms with Gasteiger partial charge in [0.1, 0.15) is 0 Å². The smallest absolute Gasteiger partial charge is 0.0163 e. The van der Waals surface area contributed by atoms with Crippen molar-refractivity contribution in [3.05, 3.63) is 72.4 Å². The van der Waals surface area contributed by atoms with Gasteiger partial charge in [0.2, 0.25) is 0 Å². The first-order valence-corrected chi connectivity index (χ1v) is 7.88. The van der Waals surface area contributed by atoms with E-state index in [4.69, 9.17) is 0 Å². The topological polar surface area (TPSA) is 0 Å². The first-order valence-electron chi connectivity index (χ1n) is 7.88. The maximum Gasteiger partial charge on any atom is -0.0163 e. The van der Waals surface area contributed by atoms with Gasteiger partial charge in [0.05, 0.1) is 0 Å². The van der Waals surface area contributed by atoms with E-state index in [2.05, 4.69) is 73.8 Å². The first kappa shape index (κ1) is 14.8. The van der Waals surface area contributed by atoms with Gasteiger partial charge in [-0.3, -0.25) is 0 Å². The number of fused-ring (bicyclic) bond motifs is 1. The molecule has 1 fully saturated rings. The standard InChI is InChI=1S/C10H14.2C5H6/c1-8-6-7-9-4-2-3-5-10(8)9;2*1-2-4-5-3-1/h2-3,5,8-9H,4,6-7H2,1H3;2*1-4H,5H2. The van der Waals surface area contributed by atoms with E-state index >= 15 is 0 Å². The molecule has 4 aliphatic rings. The molecule has 0 bridgehead atoms. The molecule has 2 unspecified atom stereocenters. The minimum absolute atomic E-state index is 0.870. The molecule has 0 saturated heterocycles. The molecule has 0 aromatic rings. The highest BCUT2D eigenvalue weighted by atomic mass is 14.3. The highest BCUT2D eigenvalue weighted by Crippen LogP contribution is 2.39. The van der Waals surface area contributed by atoms with Gasteiger partial charge in [-0.2, -0.15) is 0 Å². The molecule has 0 N–H and O–H groups in total. The van der Waals surface area contributed by atoms with Crippen LogP contribution in [0.1, 0.15) is 39.0 Å². The lowest BCUT2D eigenvalue weighted by molar-refractivity contribution is 0.632. The zero-order valence-corrected chi connectivity index (χ0v) is 12.5. The monoisotopic (exact) mass is 266 g/mol. The van der Waals surface area contributed by atoms with Crippen LogP contribution in [-0.4, -0.2) is 0 Å². The first-order chi connectivity index (χ1) is 9.88. The molecule has 0 spiro atoms. The molecule has 4 rings (SSSR count). The van der Waals surface area contributed by atoms with Gasteiger partial charge in [0.25, 0.3) is 0 Å². The number of allylic oxidation sites excluding steroid dienone is 12. The third-order valence-corrected chi connectivity index (χ3v) is 4.14. The molecule has 0 aliphatic heterocycles. The summed E-state index contributed by atoms with van der Waals surface area (Å²) in [6, 6.07) is 0. The molecular formula is C20H26. The molecule has 0 aromatic heterocycles. The summed E-state index contributed by atoms with van der Waals surface area (Å²) in [5.41, 5.74) is 1.71. The Kier molecular flexibility index (Phi) is 6.37. The second-order valence-electron chi connectivity index (χ2n) is 5.69.